The molecule has 0 radical (unpaired) electrons. The number of aromatic nitrogens is 2. The van der Waals surface area contributed by atoms with E-state index >= 15 is 0 Å². The van der Waals surface area contributed by atoms with E-state index in [-0.39, 0.29) is 5.75 Å². The molecule has 0 saturated heterocycles. The summed E-state index contributed by atoms with van der Waals surface area (Å²) < 4.78 is 39.3. The quantitative estimate of drug-likeness (QED) is 0.806. The van der Waals surface area contributed by atoms with Gasteiger partial charge in [0.2, 0.25) is 0 Å². The Morgan fingerprint density at radius 2 is 2.10 bits per heavy atom. The Morgan fingerprint density at radius 3 is 2.71 bits per heavy atom. The predicted octanol–water partition coefficient (Wildman–Crippen LogP) is 2.79. The molecule has 0 saturated carbocycles. The first kappa shape index (κ1) is 15.4. The van der Waals surface area contributed by atoms with Crippen molar-refractivity contribution in [1.82, 2.24) is 14.9 Å². The molecule has 1 heterocycles. The van der Waals surface area contributed by atoms with Crippen molar-refractivity contribution in [1.29, 1.82) is 0 Å². The summed E-state index contributed by atoms with van der Waals surface area (Å²) >= 11 is 0. The molecule has 0 spiro atoms. The molecule has 0 amide bonds. The molecular weight excluding hydrogens is 283 g/mol. The summed E-state index contributed by atoms with van der Waals surface area (Å²) in [6.45, 7) is 1.83. The van der Waals surface area contributed by atoms with Gasteiger partial charge in [0.05, 0.1) is 11.9 Å². The summed E-state index contributed by atoms with van der Waals surface area (Å²) in [5.74, 6) is -0.341. The van der Waals surface area contributed by atoms with E-state index in [2.05, 4.69) is 10.3 Å². The predicted molar refractivity (Wildman–Crippen MR) is 71.7 cm³/mol. The first-order chi connectivity index (χ1) is 9.97. The largest absolute Gasteiger partial charge is 0.508 e. The van der Waals surface area contributed by atoms with Crippen LogP contribution in [0.25, 0.3) is 0 Å². The van der Waals surface area contributed by atoms with Gasteiger partial charge in [0.15, 0.2) is 0 Å². The van der Waals surface area contributed by atoms with Crippen LogP contribution < -0.4 is 5.32 Å². The number of hydrogen-bond donors (Lipinski definition) is 2. The second-order valence-corrected chi connectivity index (χ2v) is 4.67. The van der Waals surface area contributed by atoms with E-state index in [4.69, 9.17) is 0 Å². The van der Waals surface area contributed by atoms with Crippen molar-refractivity contribution in [2.75, 3.05) is 6.54 Å². The zero-order valence-electron chi connectivity index (χ0n) is 11.3. The third kappa shape index (κ3) is 4.49. The van der Waals surface area contributed by atoms with E-state index in [0.717, 1.165) is 25.1 Å². The van der Waals surface area contributed by atoms with Gasteiger partial charge >= 0.3 is 6.18 Å². The van der Waals surface area contributed by atoms with Gasteiger partial charge in [0, 0.05) is 31.0 Å². The van der Waals surface area contributed by atoms with E-state index < -0.39 is 11.7 Å². The molecule has 2 N–H and O–H groups in total. The smallest absolute Gasteiger partial charge is 0.416 e. The molecule has 0 atom stereocenters. The molecule has 0 aliphatic rings. The second kappa shape index (κ2) is 6.62. The number of phenols is 1. The maximum absolute atomic E-state index is 12.5. The van der Waals surface area contributed by atoms with Crippen LogP contribution in [0.1, 0.15) is 17.5 Å². The van der Waals surface area contributed by atoms with Crippen molar-refractivity contribution >= 4 is 0 Å². The third-order valence-electron chi connectivity index (χ3n) is 3.06. The molecule has 1 aromatic heterocycles. The molecule has 0 aliphatic heterocycles. The number of nitrogens with zero attached hydrogens (tertiary/aromatic N) is 2. The van der Waals surface area contributed by atoms with E-state index in [1.807, 2.05) is 10.8 Å². The molecule has 0 fully saturated rings. The van der Waals surface area contributed by atoms with Crippen molar-refractivity contribution in [3.05, 3.63) is 48.0 Å². The highest BCUT2D eigenvalue weighted by Crippen LogP contribution is 2.32. The Balaban J connectivity index is 1.78. The molecule has 4 nitrogen and oxygen atoms in total. The minimum atomic E-state index is -4.44. The highest BCUT2D eigenvalue weighted by molar-refractivity contribution is 5.37. The molecule has 0 aliphatic carbocycles. The topological polar surface area (TPSA) is 50.1 Å². The van der Waals surface area contributed by atoms with Crippen molar-refractivity contribution in [3.63, 3.8) is 0 Å². The highest BCUT2D eigenvalue weighted by Gasteiger charge is 2.30. The number of alkyl halides is 3. The molecule has 2 rings (SSSR count). The highest BCUT2D eigenvalue weighted by atomic mass is 19.4. The van der Waals surface area contributed by atoms with Crippen molar-refractivity contribution < 1.29 is 18.3 Å². The summed E-state index contributed by atoms with van der Waals surface area (Å²) in [6.07, 6.45) is 1.71. The van der Waals surface area contributed by atoms with E-state index in [1.165, 1.54) is 6.07 Å². The zero-order valence-corrected chi connectivity index (χ0v) is 11.3. The van der Waals surface area contributed by atoms with Crippen LogP contribution in [0.2, 0.25) is 0 Å². The van der Waals surface area contributed by atoms with E-state index in [1.54, 1.807) is 12.5 Å². The van der Waals surface area contributed by atoms with Gasteiger partial charge < -0.3 is 15.0 Å². The van der Waals surface area contributed by atoms with Gasteiger partial charge in [0.1, 0.15) is 5.75 Å². The summed E-state index contributed by atoms with van der Waals surface area (Å²) in [7, 11) is 0. The van der Waals surface area contributed by atoms with Crippen molar-refractivity contribution in [2.24, 2.45) is 0 Å². The van der Waals surface area contributed by atoms with E-state index in [9.17, 15) is 18.3 Å². The first-order valence-corrected chi connectivity index (χ1v) is 6.52. The number of aryl methyl sites for hydroxylation is 1. The average Bonchev–Trinajstić information content (AvgIpc) is 2.92. The number of aromatic hydroxyl groups is 1. The molecule has 0 bridgehead atoms. The van der Waals surface area contributed by atoms with Crippen LogP contribution >= 0.6 is 0 Å². The van der Waals surface area contributed by atoms with Crippen molar-refractivity contribution in [3.8, 4) is 5.75 Å². The Morgan fingerprint density at radius 1 is 1.29 bits per heavy atom. The Kier molecular flexibility index (Phi) is 4.85. The van der Waals surface area contributed by atoms with Gasteiger partial charge in [-0.2, -0.15) is 13.2 Å². The number of benzene rings is 1. The average molecular weight is 299 g/mol. The maximum atomic E-state index is 12.5. The minimum Gasteiger partial charge on any atom is -0.508 e. The Hall–Kier alpha value is -2.02. The lowest BCUT2D eigenvalue weighted by molar-refractivity contribution is -0.137. The molecule has 7 heteroatoms. The minimum absolute atomic E-state index is 0.327. The van der Waals surface area contributed by atoms with Crippen LogP contribution in [0.5, 0.6) is 5.75 Å². The van der Waals surface area contributed by atoms with Gasteiger partial charge in [-0.05, 0) is 25.1 Å². The lowest BCUT2D eigenvalue weighted by Crippen LogP contribution is -2.16. The maximum Gasteiger partial charge on any atom is 0.416 e. The van der Waals surface area contributed by atoms with Gasteiger partial charge in [-0.1, -0.05) is 6.07 Å². The standard InChI is InChI=1S/C14H16F3N3O/c15-14(16,17)12-3-2-11(13(21)8-12)9-18-4-1-6-20-7-5-19-10-20/h2-3,5,7-8,10,18,21H,1,4,6,9H2. The zero-order chi connectivity index (χ0) is 15.3. The molecule has 1 aromatic carbocycles. The number of rotatable bonds is 6. The summed E-state index contributed by atoms with van der Waals surface area (Å²) in [4.78, 5) is 3.93. The normalized spacial score (nSPS) is 11.8. The van der Waals surface area contributed by atoms with Gasteiger partial charge in [-0.25, -0.2) is 4.98 Å². The monoisotopic (exact) mass is 299 g/mol. The Bertz CT molecular complexity index is 567. The molecule has 0 unspecified atom stereocenters. The first-order valence-electron chi connectivity index (χ1n) is 6.52. The molecule has 114 valence electrons. The van der Waals surface area contributed by atoms with Gasteiger partial charge in [-0.3, -0.25) is 0 Å². The lowest BCUT2D eigenvalue weighted by atomic mass is 10.1. The lowest BCUT2D eigenvalue weighted by Gasteiger charge is -2.11. The molecular formula is C14H16F3N3O. The second-order valence-electron chi connectivity index (χ2n) is 4.67. The van der Waals surface area contributed by atoms with Crippen LogP contribution in [-0.2, 0) is 19.3 Å². The number of imidazole rings is 1. The fourth-order valence-corrected chi connectivity index (χ4v) is 1.92. The van der Waals surface area contributed by atoms with Crippen molar-refractivity contribution in [2.45, 2.75) is 25.7 Å². The van der Waals surface area contributed by atoms with E-state index in [0.29, 0.717) is 18.7 Å². The summed E-state index contributed by atoms with van der Waals surface area (Å²) in [5, 5.41) is 12.7. The number of hydrogen-bond acceptors (Lipinski definition) is 3. The van der Waals surface area contributed by atoms with Gasteiger partial charge in [0.25, 0.3) is 0 Å². The van der Waals surface area contributed by atoms with Crippen LogP contribution in [0.15, 0.2) is 36.9 Å². The SMILES string of the molecule is Oc1cc(C(F)(F)F)ccc1CNCCCn1ccnc1. The van der Waals surface area contributed by atoms with Crippen LogP contribution in [0, 0.1) is 0 Å². The number of halogens is 3. The van der Waals surface area contributed by atoms with Gasteiger partial charge in [-0.15, -0.1) is 0 Å². The number of nitrogens with one attached hydrogen (secondary N) is 1. The summed E-state index contributed by atoms with van der Waals surface area (Å²) in [6, 6.07) is 3.02. The Labute approximate surface area is 120 Å². The summed E-state index contributed by atoms with van der Waals surface area (Å²) in [5.41, 5.74) is -0.394. The van der Waals surface area contributed by atoms with Crippen LogP contribution in [-0.4, -0.2) is 21.2 Å². The van der Waals surface area contributed by atoms with Crippen LogP contribution in [0.3, 0.4) is 0 Å². The fraction of sp³-hybridized carbons (Fsp3) is 0.357. The fourth-order valence-electron chi connectivity index (χ4n) is 1.92. The van der Waals surface area contributed by atoms with Crippen LogP contribution in [0.4, 0.5) is 13.2 Å². The third-order valence-corrected chi connectivity index (χ3v) is 3.06. The molecule has 21 heavy (non-hydrogen) atoms. The number of phenolic OH excluding ortho intramolecular Hbond substituents is 1. The molecule has 2 aromatic rings.